The van der Waals surface area contributed by atoms with Gasteiger partial charge in [0.05, 0.1) is 6.42 Å². The van der Waals surface area contributed by atoms with Gasteiger partial charge in [-0.3, -0.25) is 9.59 Å². The maximum absolute atomic E-state index is 13.2. The Hall–Kier alpha value is -2.04. The summed E-state index contributed by atoms with van der Waals surface area (Å²) < 4.78 is 0. The third-order valence-electron chi connectivity index (χ3n) is 4.78. The summed E-state index contributed by atoms with van der Waals surface area (Å²) in [4.78, 5) is 27.7. The van der Waals surface area contributed by atoms with Crippen LogP contribution >= 0.6 is 23.2 Å². The van der Waals surface area contributed by atoms with E-state index < -0.39 is 6.04 Å². The molecule has 2 rings (SSSR count). The number of halogens is 2. The van der Waals surface area contributed by atoms with Crippen LogP contribution in [0, 0.1) is 0 Å². The minimum atomic E-state index is -0.553. The summed E-state index contributed by atoms with van der Waals surface area (Å²) in [6, 6.07) is 14.0. The van der Waals surface area contributed by atoms with E-state index in [1.54, 1.807) is 23.1 Å². The highest BCUT2D eigenvalue weighted by Crippen LogP contribution is 2.21. The largest absolute Gasteiger partial charge is 0.354 e. The Bertz CT molecular complexity index is 809. The van der Waals surface area contributed by atoms with Crippen molar-refractivity contribution >= 4 is 35.0 Å². The van der Waals surface area contributed by atoms with Gasteiger partial charge in [0.1, 0.15) is 6.04 Å². The summed E-state index contributed by atoms with van der Waals surface area (Å²) in [6.45, 7) is 4.88. The van der Waals surface area contributed by atoms with Gasteiger partial charge >= 0.3 is 0 Å². The van der Waals surface area contributed by atoms with E-state index in [0.717, 1.165) is 24.0 Å². The van der Waals surface area contributed by atoms with Crippen molar-refractivity contribution in [3.8, 4) is 0 Å². The molecule has 0 saturated carbocycles. The third kappa shape index (κ3) is 7.06. The quantitative estimate of drug-likeness (QED) is 0.518. The van der Waals surface area contributed by atoms with Gasteiger partial charge in [-0.1, -0.05) is 73.8 Å². The Labute approximate surface area is 183 Å². The molecular formula is C23H28Cl2N2O2. The fourth-order valence-corrected chi connectivity index (χ4v) is 3.44. The van der Waals surface area contributed by atoms with E-state index in [0.29, 0.717) is 23.0 Å². The van der Waals surface area contributed by atoms with Crippen molar-refractivity contribution in [1.82, 2.24) is 10.2 Å². The van der Waals surface area contributed by atoms with E-state index in [2.05, 4.69) is 12.2 Å². The van der Waals surface area contributed by atoms with Gasteiger partial charge in [-0.25, -0.2) is 0 Å². The Morgan fingerprint density at radius 3 is 2.34 bits per heavy atom. The first-order chi connectivity index (χ1) is 14.0. The summed E-state index contributed by atoms with van der Waals surface area (Å²) in [5, 5.41) is 4.16. The molecule has 0 saturated heterocycles. The van der Waals surface area contributed by atoms with Crippen molar-refractivity contribution in [3.05, 3.63) is 69.7 Å². The number of hydrogen-bond donors (Lipinski definition) is 1. The van der Waals surface area contributed by atoms with Gasteiger partial charge in [-0.2, -0.15) is 0 Å². The molecule has 1 N–H and O–H groups in total. The van der Waals surface area contributed by atoms with Crippen LogP contribution in [0.2, 0.25) is 10.0 Å². The molecule has 0 heterocycles. The monoisotopic (exact) mass is 434 g/mol. The molecule has 0 aliphatic rings. The molecule has 0 bridgehead atoms. The highest BCUT2D eigenvalue weighted by atomic mass is 35.5. The van der Waals surface area contributed by atoms with E-state index in [1.807, 2.05) is 37.3 Å². The second-order valence-corrected chi connectivity index (χ2v) is 7.83. The van der Waals surface area contributed by atoms with Crippen LogP contribution in [-0.4, -0.2) is 29.3 Å². The lowest BCUT2D eigenvalue weighted by Gasteiger charge is -2.31. The molecular weight excluding hydrogens is 407 g/mol. The van der Waals surface area contributed by atoms with Crippen molar-refractivity contribution in [2.45, 2.75) is 52.1 Å². The molecule has 0 spiro atoms. The Balaban J connectivity index is 2.25. The van der Waals surface area contributed by atoms with Gasteiger partial charge in [0, 0.05) is 23.1 Å². The molecule has 0 aliphatic carbocycles. The highest BCUT2D eigenvalue weighted by molar-refractivity contribution is 6.31. The van der Waals surface area contributed by atoms with E-state index in [4.69, 9.17) is 23.2 Å². The molecule has 0 radical (unpaired) electrons. The topological polar surface area (TPSA) is 49.4 Å². The molecule has 0 unspecified atom stereocenters. The zero-order valence-electron chi connectivity index (χ0n) is 17.0. The molecule has 29 heavy (non-hydrogen) atoms. The fourth-order valence-electron chi connectivity index (χ4n) is 3.11. The van der Waals surface area contributed by atoms with Crippen LogP contribution in [0.3, 0.4) is 0 Å². The standard InChI is InChI=1S/C23H28Cl2N2O2/c1-3-5-14-26-23(29)21(4-2)27(16-18-8-6-7-9-20(18)25)22(28)15-17-10-12-19(24)13-11-17/h6-13,21H,3-5,14-16H2,1-2H3,(H,26,29)/t21-/m0/s1. The number of nitrogens with one attached hydrogen (secondary N) is 1. The van der Waals surface area contributed by atoms with Crippen molar-refractivity contribution in [2.24, 2.45) is 0 Å². The first kappa shape index (κ1) is 23.2. The van der Waals surface area contributed by atoms with Crippen LogP contribution in [0.25, 0.3) is 0 Å². The average Bonchev–Trinajstić information content (AvgIpc) is 2.71. The smallest absolute Gasteiger partial charge is 0.242 e. The number of hydrogen-bond acceptors (Lipinski definition) is 2. The molecule has 0 aromatic heterocycles. The van der Waals surface area contributed by atoms with Crippen LogP contribution in [0.4, 0.5) is 0 Å². The van der Waals surface area contributed by atoms with Gasteiger partial charge < -0.3 is 10.2 Å². The minimum Gasteiger partial charge on any atom is -0.354 e. The van der Waals surface area contributed by atoms with Gasteiger partial charge in [0.15, 0.2) is 0 Å². The molecule has 4 nitrogen and oxygen atoms in total. The number of carbonyl (C=O) groups excluding carboxylic acids is 2. The van der Waals surface area contributed by atoms with Crippen LogP contribution in [0.1, 0.15) is 44.2 Å². The van der Waals surface area contributed by atoms with Gasteiger partial charge in [-0.15, -0.1) is 0 Å². The first-order valence-corrected chi connectivity index (χ1v) is 10.8. The number of amides is 2. The predicted octanol–water partition coefficient (Wildman–Crippen LogP) is 5.26. The lowest BCUT2D eigenvalue weighted by atomic mass is 10.1. The van der Waals surface area contributed by atoms with Gasteiger partial charge in [0.2, 0.25) is 11.8 Å². The molecule has 2 amide bonds. The predicted molar refractivity (Wildman–Crippen MR) is 119 cm³/mol. The number of rotatable bonds is 10. The maximum Gasteiger partial charge on any atom is 0.242 e. The summed E-state index contributed by atoms with van der Waals surface area (Å²) >= 11 is 12.3. The molecule has 6 heteroatoms. The first-order valence-electron chi connectivity index (χ1n) is 10.0. The van der Waals surface area contributed by atoms with Crippen molar-refractivity contribution in [2.75, 3.05) is 6.54 Å². The second-order valence-electron chi connectivity index (χ2n) is 6.98. The summed E-state index contributed by atoms with van der Waals surface area (Å²) in [5.74, 6) is -0.248. The van der Waals surface area contributed by atoms with Crippen LogP contribution in [0.5, 0.6) is 0 Å². The molecule has 0 fully saturated rings. The Morgan fingerprint density at radius 2 is 1.72 bits per heavy atom. The van der Waals surface area contributed by atoms with Crippen molar-refractivity contribution in [1.29, 1.82) is 0 Å². The molecule has 2 aromatic rings. The van der Waals surface area contributed by atoms with Gasteiger partial charge in [-0.05, 0) is 42.2 Å². The third-order valence-corrected chi connectivity index (χ3v) is 5.40. The molecule has 1 atom stereocenters. The zero-order valence-corrected chi connectivity index (χ0v) is 18.5. The van der Waals surface area contributed by atoms with Crippen LogP contribution in [0.15, 0.2) is 48.5 Å². The maximum atomic E-state index is 13.2. The number of benzene rings is 2. The van der Waals surface area contributed by atoms with Crippen molar-refractivity contribution in [3.63, 3.8) is 0 Å². The minimum absolute atomic E-state index is 0.121. The molecule has 0 aliphatic heterocycles. The second kappa shape index (κ2) is 11.8. The van der Waals surface area contributed by atoms with Crippen LogP contribution in [-0.2, 0) is 22.6 Å². The van der Waals surface area contributed by atoms with Crippen molar-refractivity contribution < 1.29 is 9.59 Å². The Morgan fingerprint density at radius 1 is 1.03 bits per heavy atom. The number of carbonyl (C=O) groups is 2. The van der Waals surface area contributed by atoms with E-state index >= 15 is 0 Å². The highest BCUT2D eigenvalue weighted by Gasteiger charge is 2.28. The van der Waals surface area contributed by atoms with E-state index in [-0.39, 0.29) is 24.8 Å². The average molecular weight is 435 g/mol. The molecule has 156 valence electrons. The van der Waals surface area contributed by atoms with E-state index in [9.17, 15) is 9.59 Å². The normalized spacial score (nSPS) is 11.7. The number of nitrogens with zero attached hydrogens (tertiary/aromatic N) is 1. The lowest BCUT2D eigenvalue weighted by Crippen LogP contribution is -2.49. The Kier molecular flexibility index (Phi) is 9.49. The molecule has 2 aromatic carbocycles. The SMILES string of the molecule is CCCCNC(=O)[C@H](CC)N(Cc1ccccc1Cl)C(=O)Cc1ccc(Cl)cc1. The summed E-state index contributed by atoms with van der Waals surface area (Å²) in [7, 11) is 0. The van der Waals surface area contributed by atoms with Gasteiger partial charge in [0.25, 0.3) is 0 Å². The zero-order chi connectivity index (χ0) is 21.2. The summed E-state index contributed by atoms with van der Waals surface area (Å²) in [5.41, 5.74) is 1.67. The number of unbranched alkanes of at least 4 members (excludes halogenated alkanes) is 1. The van der Waals surface area contributed by atoms with Crippen LogP contribution < -0.4 is 5.32 Å². The fraction of sp³-hybridized carbons (Fsp3) is 0.391. The lowest BCUT2D eigenvalue weighted by molar-refractivity contribution is -0.140. The summed E-state index contributed by atoms with van der Waals surface area (Å²) in [6.07, 6.45) is 2.62. The van der Waals surface area contributed by atoms with E-state index in [1.165, 1.54) is 0 Å².